The maximum absolute atomic E-state index is 13.1. The number of hydrogen-bond acceptors (Lipinski definition) is 10. The third-order valence-electron chi connectivity index (χ3n) is 10.0. The Balaban J connectivity index is 0.000000166. The minimum Gasteiger partial charge on any atom is -0.744 e. The normalized spacial score (nSPS) is 12.2. The summed E-state index contributed by atoms with van der Waals surface area (Å²) in [6.45, 7) is 0. The molecule has 4 aromatic heterocycles. The fourth-order valence-electron chi connectivity index (χ4n) is 7.37. The molecule has 14 nitrogen and oxygen atoms in total. The van der Waals surface area contributed by atoms with E-state index < -0.39 is 40.9 Å². The number of fused-ring (bicyclic) bond motifs is 8. The van der Waals surface area contributed by atoms with Gasteiger partial charge in [-0.1, -0.05) is 46.4 Å². The molecule has 0 aliphatic heterocycles. The fourth-order valence-corrected chi connectivity index (χ4v) is 10.0. The topological polar surface area (TPSA) is 246 Å². The van der Waals surface area contributed by atoms with Gasteiger partial charge in [-0.15, -0.1) is 0 Å². The molecule has 0 saturated heterocycles. The Morgan fingerprint density at radius 1 is 0.377 bits per heavy atom. The van der Waals surface area contributed by atoms with Crippen molar-refractivity contribution in [1.82, 2.24) is 19.9 Å². The summed E-state index contributed by atoms with van der Waals surface area (Å²) in [4.78, 5) is 62.4. The average Bonchev–Trinajstić information content (AvgIpc) is 3.16. The van der Waals surface area contributed by atoms with Crippen molar-refractivity contribution in [2.45, 2.75) is 9.79 Å². The van der Waals surface area contributed by atoms with Gasteiger partial charge in [-0.25, -0.2) is 16.8 Å². The number of hydrogen-bond donors (Lipinski definition) is 4. The standard InChI is InChI=1S/2C20H10Cl2N2O5S.Mn/c2*21-8-1-2-9-14(5-8)23-15-6-12-16(7-11(15)18(9)25)24-17-10(19(12)26)3-4-13(22)20(17)30(27,28)29;/h2*1-7H,(H,23,25)(H,24,26)(H,27,28,29);/q;;+2/p-2. The first-order chi connectivity index (χ1) is 28.3. The number of pyridine rings is 4. The first-order valence-electron chi connectivity index (χ1n) is 17.1. The summed E-state index contributed by atoms with van der Waals surface area (Å²) in [7, 11) is -9.92. The Kier molecular flexibility index (Phi) is 10.4. The molecule has 0 unspecified atom stereocenters. The minimum absolute atomic E-state index is 0. The van der Waals surface area contributed by atoms with Crippen LogP contribution < -0.4 is 21.7 Å². The van der Waals surface area contributed by atoms with Crippen LogP contribution in [0.25, 0.3) is 87.2 Å². The largest absolute Gasteiger partial charge is 2.00 e. The van der Waals surface area contributed by atoms with Gasteiger partial charge in [0.15, 0.2) is 21.7 Å². The van der Waals surface area contributed by atoms with Crippen molar-refractivity contribution in [3.8, 4) is 0 Å². The van der Waals surface area contributed by atoms with Gasteiger partial charge in [0.25, 0.3) is 0 Å². The molecular weight excluding hydrogens is 957 g/mol. The number of rotatable bonds is 2. The van der Waals surface area contributed by atoms with E-state index in [0.717, 1.165) is 0 Å². The summed E-state index contributed by atoms with van der Waals surface area (Å²) in [5.41, 5.74) is 0.279. The van der Waals surface area contributed by atoms with Crippen molar-refractivity contribution >= 4 is 154 Å². The summed E-state index contributed by atoms with van der Waals surface area (Å²) in [5, 5.41) is 2.08. The zero-order chi connectivity index (χ0) is 42.7. The molecule has 0 bridgehead atoms. The van der Waals surface area contributed by atoms with Gasteiger partial charge >= 0.3 is 17.1 Å². The van der Waals surface area contributed by atoms with Crippen LogP contribution in [0.4, 0.5) is 0 Å². The number of aromatic nitrogens is 4. The van der Waals surface area contributed by atoms with Gasteiger partial charge in [0, 0.05) is 53.1 Å². The minimum atomic E-state index is -4.96. The van der Waals surface area contributed by atoms with E-state index in [0.29, 0.717) is 42.9 Å². The van der Waals surface area contributed by atoms with E-state index in [1.54, 1.807) is 36.4 Å². The van der Waals surface area contributed by atoms with Crippen LogP contribution in [0.2, 0.25) is 20.1 Å². The molecule has 61 heavy (non-hydrogen) atoms. The number of halogens is 4. The molecule has 305 valence electrons. The summed E-state index contributed by atoms with van der Waals surface area (Å²) >= 11 is 23.9. The third kappa shape index (κ3) is 7.06. The molecule has 0 fully saturated rings. The zero-order valence-corrected chi connectivity index (χ0v) is 35.7. The Bertz CT molecular complexity index is 3850. The molecule has 10 rings (SSSR count). The quantitative estimate of drug-likeness (QED) is 0.0744. The van der Waals surface area contributed by atoms with Crippen LogP contribution in [0.5, 0.6) is 0 Å². The molecule has 1 radical (unpaired) electrons. The Morgan fingerprint density at radius 3 is 0.984 bits per heavy atom. The maximum Gasteiger partial charge on any atom is 2.00 e. The van der Waals surface area contributed by atoms with Crippen LogP contribution >= 0.6 is 46.4 Å². The molecular formula is C40H18Cl4MnN4O10S2. The van der Waals surface area contributed by atoms with Gasteiger partial charge in [0.2, 0.25) is 0 Å². The second kappa shape index (κ2) is 15.0. The molecule has 0 aliphatic carbocycles. The van der Waals surface area contributed by atoms with Crippen LogP contribution in [0, 0.1) is 0 Å². The molecule has 0 aliphatic rings. The summed E-state index contributed by atoms with van der Waals surface area (Å²) in [5.74, 6) is 0. The molecule has 10 aromatic rings. The molecule has 4 N–H and O–H groups in total. The molecule has 0 spiro atoms. The third-order valence-corrected chi connectivity index (χ3v) is 13.2. The number of benzene rings is 6. The Labute approximate surface area is 370 Å². The first-order valence-corrected chi connectivity index (χ1v) is 21.4. The van der Waals surface area contributed by atoms with E-state index >= 15 is 0 Å². The van der Waals surface area contributed by atoms with E-state index in [9.17, 15) is 45.1 Å². The Hall–Kier alpha value is -5.30. The molecule has 0 atom stereocenters. The van der Waals surface area contributed by atoms with Gasteiger partial charge in [-0.2, -0.15) is 0 Å². The maximum atomic E-state index is 13.1. The molecule has 21 heteroatoms. The molecule has 0 saturated carbocycles. The molecule has 0 amide bonds. The van der Waals surface area contributed by atoms with Crippen molar-refractivity contribution in [2.24, 2.45) is 0 Å². The first kappa shape index (κ1) is 42.4. The van der Waals surface area contributed by atoms with Crippen LogP contribution in [-0.2, 0) is 37.3 Å². The fraction of sp³-hybridized carbons (Fsp3) is 0. The van der Waals surface area contributed by atoms with Crippen LogP contribution in [0.15, 0.2) is 114 Å². The van der Waals surface area contributed by atoms with Crippen molar-refractivity contribution in [3.05, 3.63) is 146 Å². The second-order valence-corrected chi connectivity index (χ2v) is 17.9. The van der Waals surface area contributed by atoms with E-state index in [1.807, 2.05) is 0 Å². The predicted octanol–water partition coefficient (Wildman–Crippen LogP) is 7.77. The van der Waals surface area contributed by atoms with Crippen molar-refractivity contribution in [2.75, 3.05) is 0 Å². The number of aromatic amines is 4. The summed E-state index contributed by atoms with van der Waals surface area (Å²) < 4.78 is 70.4. The SMILES string of the molecule is O=c1c2ccc(Cl)cc2[nH]c2cc3c(=O)c4ccc(Cl)c(S(=O)(=O)[O-])c4[nH]c3cc12.O=c1c2ccc(Cl)cc2[nH]c2cc3c(=O)c4ccc(Cl)c(S(=O)(=O)[O-])c4[nH]c3cc12.[Mn+2]. The van der Waals surface area contributed by atoms with E-state index in [2.05, 4.69) is 19.9 Å². The van der Waals surface area contributed by atoms with Crippen molar-refractivity contribution in [1.29, 1.82) is 0 Å². The van der Waals surface area contributed by atoms with E-state index in [1.165, 1.54) is 48.5 Å². The second-order valence-electron chi connectivity index (χ2n) is 13.6. The van der Waals surface area contributed by atoms with Crippen molar-refractivity contribution in [3.63, 3.8) is 0 Å². The number of H-pyrrole nitrogens is 4. The van der Waals surface area contributed by atoms with Gasteiger partial charge < -0.3 is 29.0 Å². The number of nitrogens with one attached hydrogen (secondary N) is 4. The predicted molar refractivity (Wildman–Crippen MR) is 231 cm³/mol. The van der Waals surface area contributed by atoms with Crippen LogP contribution in [0.1, 0.15) is 0 Å². The van der Waals surface area contributed by atoms with Gasteiger partial charge in [-0.3, -0.25) is 19.2 Å². The smallest absolute Gasteiger partial charge is 0.744 e. The summed E-state index contributed by atoms with van der Waals surface area (Å²) in [6.07, 6.45) is 0. The van der Waals surface area contributed by atoms with Gasteiger partial charge in [0.1, 0.15) is 20.2 Å². The average molecular weight is 975 g/mol. The van der Waals surface area contributed by atoms with E-state index in [4.69, 9.17) is 46.4 Å². The summed E-state index contributed by atoms with van der Waals surface area (Å²) in [6, 6.07) is 20.5. The van der Waals surface area contributed by atoms with Crippen LogP contribution in [-0.4, -0.2) is 45.9 Å². The molecule has 6 aromatic carbocycles. The Morgan fingerprint density at radius 2 is 0.656 bits per heavy atom. The van der Waals surface area contributed by atoms with Crippen LogP contribution in [0.3, 0.4) is 0 Å². The zero-order valence-electron chi connectivity index (χ0n) is 29.9. The van der Waals surface area contributed by atoms with Crippen molar-refractivity contribution < 1.29 is 43.0 Å². The van der Waals surface area contributed by atoms with Gasteiger partial charge in [0.05, 0.1) is 64.0 Å². The van der Waals surface area contributed by atoms with E-state index in [-0.39, 0.29) is 92.4 Å². The van der Waals surface area contributed by atoms with Gasteiger partial charge in [-0.05, 0) is 84.9 Å². The molecule has 4 heterocycles. The monoisotopic (exact) mass is 973 g/mol.